The van der Waals surface area contributed by atoms with E-state index in [0.717, 1.165) is 34.4 Å². The topological polar surface area (TPSA) is 72.2 Å². The van der Waals surface area contributed by atoms with Gasteiger partial charge >= 0.3 is 0 Å². The standard InChI is InChI=1S/C21H17Cl3N2O3S2/c22-15-3-1-2-13(9-15)8-14-11-30-12-17-19(6-7-31(27,28)29)25-26(21(14)17)20-5-4-16(23)10-18(20)24/h1-7,9-10,14H,8,11-12H2,(H,27,28,29). The fraction of sp³-hybridized carbons (Fsp3) is 0.190. The van der Waals surface area contributed by atoms with Crippen LogP contribution in [0.5, 0.6) is 0 Å². The van der Waals surface area contributed by atoms with Crippen LogP contribution in [0, 0.1) is 0 Å². The molecule has 0 fully saturated rings. The number of thioether (sulfide) groups is 1. The molecule has 1 unspecified atom stereocenters. The van der Waals surface area contributed by atoms with E-state index >= 15 is 0 Å². The molecule has 5 nitrogen and oxygen atoms in total. The average Bonchev–Trinajstić information content (AvgIpc) is 3.05. The lowest BCUT2D eigenvalue weighted by Crippen LogP contribution is -2.17. The van der Waals surface area contributed by atoms with Gasteiger partial charge in [-0.3, -0.25) is 4.55 Å². The molecule has 2 heterocycles. The molecule has 31 heavy (non-hydrogen) atoms. The zero-order valence-electron chi connectivity index (χ0n) is 16.0. The molecule has 1 N–H and O–H groups in total. The second-order valence-electron chi connectivity index (χ2n) is 7.12. The zero-order chi connectivity index (χ0) is 22.2. The molecule has 0 spiro atoms. The number of rotatable bonds is 5. The van der Waals surface area contributed by atoms with Crippen molar-refractivity contribution < 1.29 is 13.0 Å². The van der Waals surface area contributed by atoms with Crippen molar-refractivity contribution in [2.45, 2.75) is 18.1 Å². The number of fused-ring (bicyclic) bond motifs is 1. The van der Waals surface area contributed by atoms with Gasteiger partial charge in [0.25, 0.3) is 10.1 Å². The highest BCUT2D eigenvalue weighted by Crippen LogP contribution is 2.40. The van der Waals surface area contributed by atoms with E-state index in [-0.39, 0.29) is 5.92 Å². The summed E-state index contributed by atoms with van der Waals surface area (Å²) >= 11 is 20.5. The molecule has 0 saturated heterocycles. The number of aromatic nitrogens is 2. The Morgan fingerprint density at radius 1 is 1.16 bits per heavy atom. The third kappa shape index (κ3) is 5.30. The van der Waals surface area contributed by atoms with Crippen molar-refractivity contribution in [2.75, 3.05) is 5.75 Å². The van der Waals surface area contributed by atoms with Gasteiger partial charge < -0.3 is 0 Å². The van der Waals surface area contributed by atoms with Crippen molar-refractivity contribution in [1.29, 1.82) is 0 Å². The van der Waals surface area contributed by atoms with Gasteiger partial charge in [-0.1, -0.05) is 46.9 Å². The summed E-state index contributed by atoms with van der Waals surface area (Å²) in [6, 6.07) is 12.9. The van der Waals surface area contributed by atoms with Crippen LogP contribution >= 0.6 is 46.6 Å². The summed E-state index contributed by atoms with van der Waals surface area (Å²) in [7, 11) is -4.28. The Balaban J connectivity index is 1.86. The molecular weight excluding hydrogens is 499 g/mol. The summed E-state index contributed by atoms with van der Waals surface area (Å²) in [6.45, 7) is 0. The van der Waals surface area contributed by atoms with E-state index in [1.165, 1.54) is 6.08 Å². The fourth-order valence-electron chi connectivity index (χ4n) is 3.66. The third-order valence-corrected chi connectivity index (χ3v) is 7.30. The molecule has 0 bridgehead atoms. The molecule has 3 aromatic rings. The van der Waals surface area contributed by atoms with Crippen LogP contribution < -0.4 is 0 Å². The molecule has 162 valence electrons. The van der Waals surface area contributed by atoms with Gasteiger partial charge in [0.05, 0.1) is 27.5 Å². The lowest BCUT2D eigenvalue weighted by molar-refractivity contribution is 0.494. The van der Waals surface area contributed by atoms with Crippen molar-refractivity contribution >= 4 is 62.8 Å². The van der Waals surface area contributed by atoms with E-state index < -0.39 is 10.1 Å². The second-order valence-corrected chi connectivity index (χ2v) is 10.7. The third-order valence-electron chi connectivity index (χ3n) is 4.91. The van der Waals surface area contributed by atoms with Crippen LogP contribution in [0.1, 0.15) is 28.4 Å². The Bertz CT molecular complexity index is 1270. The van der Waals surface area contributed by atoms with Crippen LogP contribution in [0.3, 0.4) is 0 Å². The van der Waals surface area contributed by atoms with E-state index in [2.05, 4.69) is 5.10 Å². The summed E-state index contributed by atoms with van der Waals surface area (Å²) in [4.78, 5) is 0. The summed E-state index contributed by atoms with van der Waals surface area (Å²) in [5.74, 6) is 1.62. The van der Waals surface area contributed by atoms with Crippen LogP contribution in [0.2, 0.25) is 15.1 Å². The highest BCUT2D eigenvalue weighted by molar-refractivity contribution is 7.98. The van der Waals surface area contributed by atoms with Crippen LogP contribution in [0.15, 0.2) is 47.9 Å². The number of benzene rings is 2. The first kappa shape index (κ1) is 22.7. The number of nitrogens with zero attached hydrogens (tertiary/aromatic N) is 2. The molecule has 1 atom stereocenters. The van der Waals surface area contributed by atoms with Gasteiger partial charge in [-0.25, -0.2) is 4.68 Å². The van der Waals surface area contributed by atoms with E-state index in [0.29, 0.717) is 32.2 Å². The zero-order valence-corrected chi connectivity index (χ0v) is 19.9. The Labute approximate surface area is 199 Å². The van der Waals surface area contributed by atoms with Crippen molar-refractivity contribution in [3.63, 3.8) is 0 Å². The minimum Gasteiger partial charge on any atom is -0.282 e. The maximum Gasteiger partial charge on any atom is 0.287 e. The van der Waals surface area contributed by atoms with Crippen molar-refractivity contribution in [2.24, 2.45) is 0 Å². The van der Waals surface area contributed by atoms with Gasteiger partial charge in [-0.15, -0.1) is 0 Å². The molecule has 1 aliphatic heterocycles. The van der Waals surface area contributed by atoms with Crippen molar-refractivity contribution in [3.8, 4) is 5.69 Å². The summed E-state index contributed by atoms with van der Waals surface area (Å²) in [5, 5.41) is 7.01. The van der Waals surface area contributed by atoms with Crippen LogP contribution in [0.4, 0.5) is 0 Å². The van der Waals surface area contributed by atoms with E-state index in [1.54, 1.807) is 34.6 Å². The maximum absolute atomic E-state index is 11.3. The summed E-state index contributed by atoms with van der Waals surface area (Å²) < 4.78 is 33.4. The molecule has 1 aliphatic rings. The molecule has 0 amide bonds. The Morgan fingerprint density at radius 2 is 1.94 bits per heavy atom. The smallest absolute Gasteiger partial charge is 0.282 e. The Hall–Kier alpha value is -1.48. The van der Waals surface area contributed by atoms with Gasteiger partial charge in [0, 0.05) is 33.0 Å². The molecule has 0 saturated carbocycles. The van der Waals surface area contributed by atoms with Crippen LogP contribution in [-0.2, 0) is 22.3 Å². The molecule has 10 heteroatoms. The van der Waals surface area contributed by atoms with Gasteiger partial charge in [0.1, 0.15) is 0 Å². The highest BCUT2D eigenvalue weighted by atomic mass is 35.5. The SMILES string of the molecule is O=S(=O)(O)C=Cc1nn(-c2ccc(Cl)cc2Cl)c2c1CSCC2Cc1cccc(Cl)c1. The molecule has 2 aromatic carbocycles. The first-order valence-corrected chi connectivity index (χ1v) is 13.1. The van der Waals surface area contributed by atoms with Gasteiger partial charge in [-0.05, 0) is 48.4 Å². The quantitative estimate of drug-likeness (QED) is 0.406. The van der Waals surface area contributed by atoms with Crippen molar-refractivity contribution in [3.05, 3.63) is 85.5 Å². The minimum atomic E-state index is -4.28. The summed E-state index contributed by atoms with van der Waals surface area (Å²) in [5.41, 5.74) is 4.09. The number of hydrogen-bond donors (Lipinski definition) is 1. The largest absolute Gasteiger partial charge is 0.287 e. The lowest BCUT2D eigenvalue weighted by Gasteiger charge is -2.25. The monoisotopic (exact) mass is 514 g/mol. The Kier molecular flexibility index (Phi) is 6.72. The van der Waals surface area contributed by atoms with Crippen LogP contribution in [0.25, 0.3) is 11.8 Å². The first-order valence-electron chi connectivity index (χ1n) is 9.26. The molecule has 1 aromatic heterocycles. The first-order chi connectivity index (χ1) is 14.7. The van der Waals surface area contributed by atoms with Crippen molar-refractivity contribution in [1.82, 2.24) is 9.78 Å². The highest BCUT2D eigenvalue weighted by Gasteiger charge is 2.30. The predicted molar refractivity (Wildman–Crippen MR) is 128 cm³/mol. The predicted octanol–water partition coefficient (Wildman–Crippen LogP) is 6.26. The van der Waals surface area contributed by atoms with Gasteiger partial charge in [0.2, 0.25) is 0 Å². The lowest BCUT2D eigenvalue weighted by atomic mass is 9.94. The average molecular weight is 516 g/mol. The molecular formula is C21H17Cl3N2O3S2. The van der Waals surface area contributed by atoms with Gasteiger partial charge in [0.15, 0.2) is 0 Å². The number of hydrogen-bond acceptors (Lipinski definition) is 4. The van der Waals surface area contributed by atoms with E-state index in [1.807, 2.05) is 24.3 Å². The van der Waals surface area contributed by atoms with E-state index in [9.17, 15) is 8.42 Å². The van der Waals surface area contributed by atoms with E-state index in [4.69, 9.17) is 39.4 Å². The van der Waals surface area contributed by atoms with Crippen LogP contribution in [-0.4, -0.2) is 28.5 Å². The fourth-order valence-corrected chi connectivity index (χ4v) is 5.84. The number of halogens is 3. The molecule has 4 rings (SSSR count). The minimum absolute atomic E-state index is 0.0966. The maximum atomic E-state index is 11.3. The normalized spacial score (nSPS) is 16.6. The Morgan fingerprint density at radius 3 is 2.65 bits per heavy atom. The second kappa shape index (κ2) is 9.17. The van der Waals surface area contributed by atoms with Gasteiger partial charge in [-0.2, -0.15) is 25.3 Å². The summed E-state index contributed by atoms with van der Waals surface area (Å²) in [6.07, 6.45) is 2.05. The molecule has 0 radical (unpaired) electrons. The molecule has 0 aliphatic carbocycles.